The predicted octanol–water partition coefficient (Wildman–Crippen LogP) is 2.90. The summed E-state index contributed by atoms with van der Waals surface area (Å²) in [5.41, 5.74) is 4.95. The third kappa shape index (κ3) is 3.33. The zero-order valence-corrected chi connectivity index (χ0v) is 16.9. The molecule has 1 unspecified atom stereocenters. The van der Waals surface area contributed by atoms with Crippen LogP contribution >= 0.6 is 0 Å². The number of methoxy groups -OCH3 is 2. The fourth-order valence-corrected chi connectivity index (χ4v) is 4.70. The molecule has 2 aliphatic rings. The Kier molecular flexibility index (Phi) is 5.21. The van der Waals surface area contributed by atoms with Crippen LogP contribution in [0.4, 0.5) is 5.69 Å². The number of fused-ring (bicyclic) bond motifs is 2. The van der Waals surface area contributed by atoms with Crippen LogP contribution in [-0.4, -0.2) is 44.6 Å². The summed E-state index contributed by atoms with van der Waals surface area (Å²) in [6.45, 7) is 4.12. The quantitative estimate of drug-likeness (QED) is 0.717. The molecule has 0 radical (unpaired) electrons. The normalized spacial score (nSPS) is 25.6. The number of aliphatic hydroxyl groups excluding tert-OH is 1. The first-order valence-corrected chi connectivity index (χ1v) is 10.0. The highest BCUT2D eigenvalue weighted by Crippen LogP contribution is 2.39. The summed E-state index contributed by atoms with van der Waals surface area (Å²) in [4.78, 5) is 0. The molecule has 0 fully saturated rings. The first kappa shape index (κ1) is 19.1. The van der Waals surface area contributed by atoms with Crippen molar-refractivity contribution in [2.24, 2.45) is 0 Å². The predicted molar refractivity (Wildman–Crippen MR) is 112 cm³/mol. The number of anilines is 1. The van der Waals surface area contributed by atoms with Gasteiger partial charge in [-0.3, -0.25) is 0 Å². The molecule has 0 amide bonds. The fourth-order valence-electron chi connectivity index (χ4n) is 4.70. The summed E-state index contributed by atoms with van der Waals surface area (Å²) >= 11 is 0. The molecule has 2 aromatic carbocycles. The van der Waals surface area contributed by atoms with Crippen molar-refractivity contribution in [2.45, 2.75) is 43.7 Å². The molecule has 1 heterocycles. The van der Waals surface area contributed by atoms with Gasteiger partial charge in [-0.25, -0.2) is 0 Å². The monoisotopic (exact) mass is 382 g/mol. The molecule has 5 heteroatoms. The Balaban J connectivity index is 1.44. The Hall–Kier alpha value is -2.24. The maximum Gasteiger partial charge on any atom is 0.122 e. The Bertz CT molecular complexity index is 854. The standard InChI is InChI=1S/C23H30N2O3/c1-23(14-25-18-7-5-4-6-17(18)23)10-11-24-19-12-15-16(13-20(19)26)22(28-3)9-8-21(15)27-2/h4-9,19-20,24-26H,10-14H2,1-3H3/t19-,20-,23?/m1/s1. The molecule has 1 aliphatic carbocycles. The van der Waals surface area contributed by atoms with Crippen molar-refractivity contribution >= 4 is 5.69 Å². The number of rotatable bonds is 6. The van der Waals surface area contributed by atoms with E-state index < -0.39 is 6.10 Å². The summed E-state index contributed by atoms with van der Waals surface area (Å²) in [5, 5.41) is 17.9. The molecule has 150 valence electrons. The molecule has 0 saturated carbocycles. The molecule has 2 aromatic rings. The molecule has 0 bridgehead atoms. The van der Waals surface area contributed by atoms with Crippen molar-refractivity contribution in [1.82, 2.24) is 5.32 Å². The highest BCUT2D eigenvalue weighted by Gasteiger charge is 2.35. The maximum atomic E-state index is 10.7. The highest BCUT2D eigenvalue weighted by atomic mass is 16.5. The number of ether oxygens (including phenoxy) is 2. The van der Waals surface area contributed by atoms with Crippen molar-refractivity contribution in [1.29, 1.82) is 0 Å². The van der Waals surface area contributed by atoms with Gasteiger partial charge in [0.1, 0.15) is 11.5 Å². The van der Waals surface area contributed by atoms with Crippen LogP contribution in [0.15, 0.2) is 36.4 Å². The Morgan fingerprint density at radius 2 is 1.75 bits per heavy atom. The van der Waals surface area contributed by atoms with E-state index in [0.717, 1.165) is 48.6 Å². The fraction of sp³-hybridized carbons (Fsp3) is 0.478. The SMILES string of the molecule is COc1ccc(OC)c2c1C[C@@H](O)[C@H](NCCC1(C)CNc3ccccc31)C2. The minimum Gasteiger partial charge on any atom is -0.496 e. The number of benzene rings is 2. The Morgan fingerprint density at radius 1 is 1.07 bits per heavy atom. The van der Waals surface area contributed by atoms with Crippen LogP contribution < -0.4 is 20.1 Å². The zero-order valence-electron chi connectivity index (χ0n) is 16.9. The van der Waals surface area contributed by atoms with E-state index in [2.05, 4.69) is 41.8 Å². The van der Waals surface area contributed by atoms with E-state index in [1.54, 1.807) is 14.2 Å². The lowest BCUT2D eigenvalue weighted by Crippen LogP contribution is -2.47. The number of hydrogen-bond acceptors (Lipinski definition) is 5. The van der Waals surface area contributed by atoms with Gasteiger partial charge < -0.3 is 25.2 Å². The molecule has 1 aliphatic heterocycles. The molecule has 3 atom stereocenters. The van der Waals surface area contributed by atoms with Crippen molar-refractivity contribution in [3.05, 3.63) is 53.1 Å². The smallest absolute Gasteiger partial charge is 0.122 e. The van der Waals surface area contributed by atoms with Gasteiger partial charge in [-0.2, -0.15) is 0 Å². The number of para-hydroxylation sites is 1. The molecular weight excluding hydrogens is 352 g/mol. The second-order valence-corrected chi connectivity index (χ2v) is 8.17. The van der Waals surface area contributed by atoms with Crippen LogP contribution in [0.5, 0.6) is 11.5 Å². The molecule has 0 aromatic heterocycles. The van der Waals surface area contributed by atoms with Crippen molar-refractivity contribution in [3.8, 4) is 11.5 Å². The summed E-state index contributed by atoms with van der Waals surface area (Å²) in [6, 6.07) is 12.4. The topological polar surface area (TPSA) is 62.8 Å². The summed E-state index contributed by atoms with van der Waals surface area (Å²) < 4.78 is 11.1. The number of aliphatic hydroxyl groups is 1. The number of nitrogens with one attached hydrogen (secondary N) is 2. The van der Waals surface area contributed by atoms with E-state index in [-0.39, 0.29) is 11.5 Å². The summed E-state index contributed by atoms with van der Waals surface area (Å²) in [5.74, 6) is 1.70. The summed E-state index contributed by atoms with van der Waals surface area (Å²) in [7, 11) is 3.37. The molecule has 3 N–H and O–H groups in total. The van der Waals surface area contributed by atoms with Crippen LogP contribution in [-0.2, 0) is 18.3 Å². The van der Waals surface area contributed by atoms with E-state index in [1.807, 2.05) is 12.1 Å². The second-order valence-electron chi connectivity index (χ2n) is 8.17. The van der Waals surface area contributed by atoms with Crippen LogP contribution in [0.25, 0.3) is 0 Å². The average molecular weight is 383 g/mol. The lowest BCUT2D eigenvalue weighted by atomic mass is 9.81. The molecule has 5 nitrogen and oxygen atoms in total. The lowest BCUT2D eigenvalue weighted by molar-refractivity contribution is 0.116. The van der Waals surface area contributed by atoms with Crippen LogP contribution in [0.3, 0.4) is 0 Å². The van der Waals surface area contributed by atoms with Crippen molar-refractivity contribution < 1.29 is 14.6 Å². The molecular formula is C23H30N2O3. The first-order chi connectivity index (χ1) is 13.6. The van der Waals surface area contributed by atoms with Crippen molar-refractivity contribution in [2.75, 3.05) is 32.6 Å². The van der Waals surface area contributed by atoms with Gasteiger partial charge in [-0.15, -0.1) is 0 Å². The van der Waals surface area contributed by atoms with E-state index >= 15 is 0 Å². The third-order valence-corrected chi connectivity index (χ3v) is 6.42. The third-order valence-electron chi connectivity index (χ3n) is 6.42. The van der Waals surface area contributed by atoms with Crippen LogP contribution in [0.2, 0.25) is 0 Å². The highest BCUT2D eigenvalue weighted by molar-refractivity contribution is 5.60. The van der Waals surface area contributed by atoms with Crippen LogP contribution in [0, 0.1) is 0 Å². The van der Waals surface area contributed by atoms with Gasteiger partial charge in [-0.1, -0.05) is 25.1 Å². The van der Waals surface area contributed by atoms with Crippen molar-refractivity contribution in [3.63, 3.8) is 0 Å². The van der Waals surface area contributed by atoms with Gasteiger partial charge in [-0.05, 0) is 43.1 Å². The number of hydrogen-bond donors (Lipinski definition) is 3. The lowest BCUT2D eigenvalue weighted by Gasteiger charge is -2.33. The first-order valence-electron chi connectivity index (χ1n) is 10.0. The Labute approximate surface area is 167 Å². The maximum absolute atomic E-state index is 10.7. The van der Waals surface area contributed by atoms with Gasteiger partial charge >= 0.3 is 0 Å². The average Bonchev–Trinajstić information content (AvgIpc) is 3.05. The molecule has 4 rings (SSSR count). The Morgan fingerprint density at radius 3 is 2.46 bits per heavy atom. The van der Waals surface area contributed by atoms with E-state index in [0.29, 0.717) is 6.42 Å². The minimum absolute atomic E-state index is 0.0155. The van der Waals surface area contributed by atoms with E-state index in [4.69, 9.17) is 9.47 Å². The van der Waals surface area contributed by atoms with E-state index in [9.17, 15) is 5.11 Å². The molecule has 0 spiro atoms. The van der Waals surface area contributed by atoms with Gasteiger partial charge in [0.15, 0.2) is 0 Å². The van der Waals surface area contributed by atoms with Gasteiger partial charge in [0.2, 0.25) is 0 Å². The van der Waals surface area contributed by atoms with Crippen LogP contribution in [0.1, 0.15) is 30.0 Å². The summed E-state index contributed by atoms with van der Waals surface area (Å²) in [6.07, 6.45) is 1.90. The van der Waals surface area contributed by atoms with E-state index in [1.165, 1.54) is 11.3 Å². The largest absolute Gasteiger partial charge is 0.496 e. The van der Waals surface area contributed by atoms with Gasteiger partial charge in [0, 0.05) is 41.2 Å². The molecule has 0 saturated heterocycles. The zero-order chi connectivity index (χ0) is 19.7. The minimum atomic E-state index is -0.435. The second kappa shape index (κ2) is 7.64. The molecule has 28 heavy (non-hydrogen) atoms. The van der Waals surface area contributed by atoms with Gasteiger partial charge in [0.05, 0.1) is 20.3 Å². The van der Waals surface area contributed by atoms with Gasteiger partial charge in [0.25, 0.3) is 0 Å².